The minimum Gasteiger partial charge on any atom is -0.296 e. The largest absolute Gasteiger partial charge is 0.296 e. The van der Waals surface area contributed by atoms with E-state index in [4.69, 9.17) is 11.6 Å². The zero-order chi connectivity index (χ0) is 16.4. The maximum absolute atomic E-state index is 12.5. The molecule has 0 atom stereocenters. The first kappa shape index (κ1) is 15.6. The molecule has 0 aliphatic carbocycles. The topological polar surface area (TPSA) is 72.7 Å². The fraction of sp³-hybridized carbons (Fsp3) is 0.200. The van der Waals surface area contributed by atoms with Gasteiger partial charge in [-0.3, -0.25) is 10.1 Å². The van der Waals surface area contributed by atoms with E-state index in [9.17, 15) is 4.79 Å². The van der Waals surface area contributed by atoms with E-state index in [0.29, 0.717) is 15.7 Å². The number of benzene rings is 1. The smallest absolute Gasteiger partial charge is 0.260 e. The number of anilines is 1. The lowest BCUT2D eigenvalue weighted by Gasteiger charge is -2.12. The van der Waals surface area contributed by atoms with E-state index in [1.807, 2.05) is 26.0 Å². The van der Waals surface area contributed by atoms with Crippen LogP contribution in [0.2, 0.25) is 5.02 Å². The summed E-state index contributed by atoms with van der Waals surface area (Å²) in [5.41, 5.74) is 3.77. The summed E-state index contributed by atoms with van der Waals surface area (Å²) in [6.07, 6.45) is 1.57. The van der Waals surface area contributed by atoms with Crippen LogP contribution in [0.25, 0.3) is 5.69 Å². The Kier molecular flexibility index (Phi) is 4.40. The van der Waals surface area contributed by atoms with Crippen molar-refractivity contribution in [1.29, 1.82) is 0 Å². The molecule has 0 fully saturated rings. The predicted molar refractivity (Wildman–Crippen MR) is 90.5 cm³/mol. The van der Waals surface area contributed by atoms with Crippen molar-refractivity contribution in [1.82, 2.24) is 20.0 Å². The highest BCUT2D eigenvalue weighted by atomic mass is 35.5. The third kappa shape index (κ3) is 3.25. The Morgan fingerprint density at radius 3 is 2.65 bits per heavy atom. The number of amides is 1. The van der Waals surface area contributed by atoms with Crippen LogP contribution in [-0.4, -0.2) is 25.9 Å². The Bertz CT molecular complexity index is 811. The van der Waals surface area contributed by atoms with Gasteiger partial charge in [-0.1, -0.05) is 36.8 Å². The Morgan fingerprint density at radius 2 is 2.04 bits per heavy atom. The zero-order valence-electron chi connectivity index (χ0n) is 12.5. The van der Waals surface area contributed by atoms with Crippen LogP contribution in [0.15, 0.2) is 36.0 Å². The Morgan fingerprint density at radius 1 is 1.30 bits per heavy atom. The maximum Gasteiger partial charge on any atom is 0.260 e. The van der Waals surface area contributed by atoms with Gasteiger partial charge in [0.2, 0.25) is 5.13 Å². The second-order valence-corrected chi connectivity index (χ2v) is 6.45. The Hall–Kier alpha value is -2.25. The lowest BCUT2D eigenvalue weighted by Crippen LogP contribution is -2.15. The quantitative estimate of drug-likeness (QED) is 0.780. The number of carbonyl (C=O) groups excluding carboxylic acids is 1. The number of nitrogens with zero attached hydrogens (tertiary/aromatic N) is 4. The van der Waals surface area contributed by atoms with Gasteiger partial charge < -0.3 is 0 Å². The molecule has 6 nitrogen and oxygen atoms in total. The van der Waals surface area contributed by atoms with Gasteiger partial charge in [-0.25, -0.2) is 4.68 Å². The highest BCUT2D eigenvalue weighted by Gasteiger charge is 2.21. The van der Waals surface area contributed by atoms with Crippen LogP contribution in [0.4, 0.5) is 5.13 Å². The molecule has 8 heteroatoms. The molecule has 3 rings (SSSR count). The van der Waals surface area contributed by atoms with Crippen LogP contribution in [0.1, 0.15) is 35.8 Å². The van der Waals surface area contributed by atoms with Gasteiger partial charge in [0.25, 0.3) is 5.91 Å². The van der Waals surface area contributed by atoms with Gasteiger partial charge in [0.05, 0.1) is 23.1 Å². The lowest BCUT2D eigenvalue weighted by atomic mass is 10.1. The summed E-state index contributed by atoms with van der Waals surface area (Å²) < 4.78 is 1.76. The molecule has 1 amide bonds. The van der Waals surface area contributed by atoms with E-state index in [2.05, 4.69) is 20.6 Å². The fourth-order valence-electron chi connectivity index (χ4n) is 2.27. The third-order valence-corrected chi connectivity index (χ3v) is 4.11. The molecule has 118 valence electrons. The van der Waals surface area contributed by atoms with Crippen molar-refractivity contribution in [2.24, 2.45) is 0 Å². The molecule has 23 heavy (non-hydrogen) atoms. The maximum atomic E-state index is 12.5. The normalized spacial score (nSPS) is 11.0. The summed E-state index contributed by atoms with van der Waals surface area (Å²) in [4.78, 5) is 12.5. The van der Waals surface area contributed by atoms with Crippen molar-refractivity contribution in [3.8, 4) is 5.69 Å². The second kappa shape index (κ2) is 6.47. The van der Waals surface area contributed by atoms with Gasteiger partial charge in [-0.05, 0) is 30.2 Å². The van der Waals surface area contributed by atoms with E-state index in [1.54, 1.807) is 28.5 Å². The molecular formula is C15H14ClN5OS. The third-order valence-electron chi connectivity index (χ3n) is 3.25. The van der Waals surface area contributed by atoms with E-state index < -0.39 is 0 Å². The minimum atomic E-state index is -0.245. The summed E-state index contributed by atoms with van der Waals surface area (Å²) in [6.45, 7) is 4.04. The van der Waals surface area contributed by atoms with Crippen molar-refractivity contribution >= 4 is 34.0 Å². The van der Waals surface area contributed by atoms with Crippen LogP contribution in [0.5, 0.6) is 0 Å². The van der Waals surface area contributed by atoms with Gasteiger partial charge in [-0.2, -0.15) is 5.10 Å². The monoisotopic (exact) mass is 347 g/mol. The van der Waals surface area contributed by atoms with E-state index >= 15 is 0 Å². The molecule has 0 radical (unpaired) electrons. The standard InChI is InChI=1S/C15H14ClN5OS/c1-9(2)13-12(14(22)19-15-20-17-8-23-15)7-18-21(13)11-5-3-10(16)4-6-11/h3-9H,1-2H3,(H,19,20,22). The van der Waals surface area contributed by atoms with Crippen LogP contribution < -0.4 is 5.32 Å². The molecule has 0 saturated carbocycles. The summed E-state index contributed by atoms with van der Waals surface area (Å²) in [7, 11) is 0. The number of halogens is 1. The molecule has 2 aromatic heterocycles. The van der Waals surface area contributed by atoms with Crippen LogP contribution in [0, 0.1) is 0 Å². The van der Waals surface area contributed by atoms with Crippen LogP contribution in [0.3, 0.4) is 0 Å². The molecule has 3 aromatic rings. The number of hydrogen-bond donors (Lipinski definition) is 1. The average molecular weight is 348 g/mol. The fourth-order valence-corrected chi connectivity index (χ4v) is 2.83. The lowest BCUT2D eigenvalue weighted by molar-refractivity contribution is 0.102. The van der Waals surface area contributed by atoms with Crippen LogP contribution in [-0.2, 0) is 0 Å². The molecule has 1 N–H and O–H groups in total. The van der Waals surface area contributed by atoms with Gasteiger partial charge in [-0.15, -0.1) is 10.2 Å². The summed E-state index contributed by atoms with van der Waals surface area (Å²) in [5.74, 6) is -0.131. The average Bonchev–Trinajstić information content (AvgIpc) is 3.16. The first-order valence-corrected chi connectivity index (χ1v) is 8.23. The highest BCUT2D eigenvalue weighted by Crippen LogP contribution is 2.25. The molecule has 0 saturated heterocycles. The van der Waals surface area contributed by atoms with Crippen molar-refractivity contribution in [3.05, 3.63) is 52.3 Å². The Labute approximate surface area is 142 Å². The number of hydrogen-bond acceptors (Lipinski definition) is 5. The van der Waals surface area contributed by atoms with E-state index in [0.717, 1.165) is 11.4 Å². The molecule has 2 heterocycles. The Balaban J connectivity index is 1.98. The first-order chi connectivity index (χ1) is 11.1. The second-order valence-electron chi connectivity index (χ2n) is 5.18. The molecule has 0 aliphatic rings. The van der Waals surface area contributed by atoms with Crippen molar-refractivity contribution < 1.29 is 4.79 Å². The zero-order valence-corrected chi connectivity index (χ0v) is 14.1. The van der Waals surface area contributed by atoms with Crippen LogP contribution >= 0.6 is 22.9 Å². The minimum absolute atomic E-state index is 0.114. The molecule has 0 spiro atoms. The van der Waals surface area contributed by atoms with Crippen molar-refractivity contribution in [2.45, 2.75) is 19.8 Å². The van der Waals surface area contributed by atoms with Gasteiger partial charge in [0, 0.05) is 5.02 Å². The van der Waals surface area contributed by atoms with E-state index in [1.165, 1.54) is 11.3 Å². The summed E-state index contributed by atoms with van der Waals surface area (Å²) in [5, 5.41) is 15.8. The number of rotatable bonds is 4. The SMILES string of the molecule is CC(C)c1c(C(=O)Nc2nncs2)cnn1-c1ccc(Cl)cc1. The van der Waals surface area contributed by atoms with Gasteiger partial charge >= 0.3 is 0 Å². The van der Waals surface area contributed by atoms with Crippen molar-refractivity contribution in [2.75, 3.05) is 5.32 Å². The summed E-state index contributed by atoms with van der Waals surface area (Å²) in [6, 6.07) is 7.33. The molecule has 0 unspecified atom stereocenters. The van der Waals surface area contributed by atoms with Gasteiger partial charge in [0.15, 0.2) is 0 Å². The van der Waals surface area contributed by atoms with Crippen molar-refractivity contribution in [3.63, 3.8) is 0 Å². The first-order valence-electron chi connectivity index (χ1n) is 6.97. The number of nitrogens with one attached hydrogen (secondary N) is 1. The summed E-state index contributed by atoms with van der Waals surface area (Å²) >= 11 is 7.20. The number of aromatic nitrogens is 4. The number of carbonyl (C=O) groups is 1. The van der Waals surface area contributed by atoms with E-state index in [-0.39, 0.29) is 11.8 Å². The molecule has 0 bridgehead atoms. The molecule has 1 aromatic carbocycles. The van der Waals surface area contributed by atoms with Gasteiger partial charge in [0.1, 0.15) is 5.51 Å². The molecule has 0 aliphatic heterocycles. The predicted octanol–water partition coefficient (Wildman–Crippen LogP) is 3.75. The highest BCUT2D eigenvalue weighted by molar-refractivity contribution is 7.13. The molecular weight excluding hydrogens is 334 g/mol.